The molecule has 1 unspecified atom stereocenters. The molecule has 1 amide bonds. The first-order valence-corrected chi connectivity index (χ1v) is 7.12. The summed E-state index contributed by atoms with van der Waals surface area (Å²) in [7, 11) is 1.82. The van der Waals surface area contributed by atoms with Crippen LogP contribution in [0.15, 0.2) is 12.1 Å². The summed E-state index contributed by atoms with van der Waals surface area (Å²) >= 11 is 0. The van der Waals surface area contributed by atoms with Crippen LogP contribution in [0.1, 0.15) is 49.2 Å². The molecule has 1 aromatic rings. The summed E-state index contributed by atoms with van der Waals surface area (Å²) in [5.41, 5.74) is 1.63. The average molecular weight is 261 g/mol. The maximum absolute atomic E-state index is 12.2. The van der Waals surface area contributed by atoms with Gasteiger partial charge in [0.05, 0.1) is 0 Å². The number of nitrogens with zero attached hydrogens (tertiary/aromatic N) is 1. The van der Waals surface area contributed by atoms with E-state index >= 15 is 0 Å². The number of aromatic nitrogens is 1. The Labute approximate surface area is 115 Å². The fourth-order valence-corrected chi connectivity index (χ4v) is 2.25. The van der Waals surface area contributed by atoms with Crippen molar-refractivity contribution in [3.05, 3.63) is 23.4 Å². The van der Waals surface area contributed by atoms with Gasteiger partial charge in [-0.3, -0.25) is 4.79 Å². The Balaban J connectivity index is 2.04. The van der Waals surface area contributed by atoms with Gasteiger partial charge in [-0.05, 0) is 37.8 Å². The van der Waals surface area contributed by atoms with Crippen molar-refractivity contribution < 1.29 is 4.79 Å². The Kier molecular flexibility index (Phi) is 4.40. The monoisotopic (exact) mass is 261 g/mol. The Morgan fingerprint density at radius 3 is 2.79 bits per heavy atom. The zero-order valence-electron chi connectivity index (χ0n) is 12.0. The van der Waals surface area contributed by atoms with Crippen molar-refractivity contribution in [3.8, 4) is 0 Å². The minimum Gasteiger partial charge on any atom is -0.373 e. The third-order valence-corrected chi connectivity index (χ3v) is 3.52. The molecule has 19 heavy (non-hydrogen) atoms. The summed E-state index contributed by atoms with van der Waals surface area (Å²) in [6.45, 7) is 4.12. The molecule has 1 aliphatic rings. The molecule has 4 heteroatoms. The summed E-state index contributed by atoms with van der Waals surface area (Å²) in [6, 6.07) is 3.93. The molecule has 0 bridgehead atoms. The summed E-state index contributed by atoms with van der Waals surface area (Å²) in [4.78, 5) is 16.6. The first-order chi connectivity index (χ1) is 9.12. The summed E-state index contributed by atoms with van der Waals surface area (Å²) < 4.78 is 0. The van der Waals surface area contributed by atoms with Gasteiger partial charge >= 0.3 is 0 Å². The lowest BCUT2D eigenvalue weighted by atomic mass is 10.1. The summed E-state index contributed by atoms with van der Waals surface area (Å²) in [5, 5.41) is 6.08. The quantitative estimate of drug-likeness (QED) is 0.827. The van der Waals surface area contributed by atoms with E-state index in [4.69, 9.17) is 0 Å². The Bertz CT molecular complexity index is 432. The van der Waals surface area contributed by atoms with Gasteiger partial charge in [-0.2, -0.15) is 0 Å². The van der Waals surface area contributed by atoms with E-state index < -0.39 is 0 Å². The normalized spacial score (nSPS) is 15.9. The van der Waals surface area contributed by atoms with Crippen LogP contribution in [0.3, 0.4) is 0 Å². The topological polar surface area (TPSA) is 54.0 Å². The van der Waals surface area contributed by atoms with Crippen LogP contribution in [0.4, 0.5) is 5.82 Å². The molecule has 0 radical (unpaired) electrons. The summed E-state index contributed by atoms with van der Waals surface area (Å²) in [6.07, 6.45) is 4.56. The lowest BCUT2D eigenvalue weighted by Crippen LogP contribution is -2.33. The second kappa shape index (κ2) is 6.04. The number of hydrogen-bond acceptors (Lipinski definition) is 3. The van der Waals surface area contributed by atoms with Crippen molar-refractivity contribution in [2.24, 2.45) is 5.92 Å². The fourth-order valence-electron chi connectivity index (χ4n) is 2.25. The van der Waals surface area contributed by atoms with Crippen LogP contribution in [0.5, 0.6) is 0 Å². The molecular formula is C15H23N3O. The number of pyridine rings is 1. The zero-order chi connectivity index (χ0) is 13.8. The highest BCUT2D eigenvalue weighted by molar-refractivity contribution is 5.95. The highest BCUT2D eigenvalue weighted by atomic mass is 16.1. The second-order valence-electron chi connectivity index (χ2n) is 5.39. The number of hydrogen-bond donors (Lipinski definition) is 2. The predicted molar refractivity (Wildman–Crippen MR) is 77.4 cm³/mol. The molecule has 1 heterocycles. The number of rotatable bonds is 6. The van der Waals surface area contributed by atoms with Gasteiger partial charge in [0.1, 0.15) is 5.82 Å². The minimum absolute atomic E-state index is 0.00162. The van der Waals surface area contributed by atoms with Gasteiger partial charge in [0.25, 0.3) is 5.91 Å². The molecule has 2 N–H and O–H groups in total. The first-order valence-electron chi connectivity index (χ1n) is 7.12. The molecule has 1 saturated carbocycles. The zero-order valence-corrected chi connectivity index (χ0v) is 12.0. The third-order valence-electron chi connectivity index (χ3n) is 3.52. The van der Waals surface area contributed by atoms with Gasteiger partial charge in [-0.25, -0.2) is 4.98 Å². The molecule has 1 fully saturated rings. The van der Waals surface area contributed by atoms with E-state index in [1.54, 1.807) is 6.07 Å². The van der Waals surface area contributed by atoms with Gasteiger partial charge in [-0.1, -0.05) is 19.8 Å². The Morgan fingerprint density at radius 1 is 1.47 bits per heavy atom. The largest absolute Gasteiger partial charge is 0.373 e. The van der Waals surface area contributed by atoms with Crippen molar-refractivity contribution in [2.45, 2.75) is 45.6 Å². The number of nitrogens with one attached hydrogen (secondary N) is 2. The third kappa shape index (κ3) is 3.94. The van der Waals surface area contributed by atoms with Gasteiger partial charge in [0, 0.05) is 24.3 Å². The van der Waals surface area contributed by atoms with Crippen molar-refractivity contribution >= 4 is 11.7 Å². The van der Waals surface area contributed by atoms with E-state index in [2.05, 4.69) is 22.5 Å². The second-order valence-corrected chi connectivity index (χ2v) is 5.39. The van der Waals surface area contributed by atoms with Crippen molar-refractivity contribution in [1.82, 2.24) is 10.3 Å². The van der Waals surface area contributed by atoms with Gasteiger partial charge in [0.2, 0.25) is 0 Å². The highest BCUT2D eigenvalue weighted by Crippen LogP contribution is 2.33. The van der Waals surface area contributed by atoms with Gasteiger partial charge in [-0.15, -0.1) is 0 Å². The maximum atomic E-state index is 12.2. The van der Waals surface area contributed by atoms with Crippen LogP contribution in [0.25, 0.3) is 0 Å². The molecule has 0 saturated heterocycles. The highest BCUT2D eigenvalue weighted by Gasteiger charge is 2.24. The average Bonchev–Trinajstić information content (AvgIpc) is 3.21. The molecule has 0 spiro atoms. The van der Waals surface area contributed by atoms with Gasteiger partial charge < -0.3 is 10.6 Å². The van der Waals surface area contributed by atoms with Crippen LogP contribution in [0.2, 0.25) is 0 Å². The van der Waals surface area contributed by atoms with Crippen LogP contribution >= 0.6 is 0 Å². The minimum atomic E-state index is 0.00162. The molecule has 2 rings (SSSR count). The first kappa shape index (κ1) is 13.8. The van der Waals surface area contributed by atoms with E-state index in [0.717, 1.165) is 30.3 Å². The van der Waals surface area contributed by atoms with Crippen molar-refractivity contribution in [3.63, 3.8) is 0 Å². The molecule has 1 atom stereocenters. The Hall–Kier alpha value is -1.58. The summed E-state index contributed by atoms with van der Waals surface area (Å²) in [5.74, 6) is 1.58. The fraction of sp³-hybridized carbons (Fsp3) is 0.600. The number of aryl methyl sites for hydroxylation is 1. The van der Waals surface area contributed by atoms with Crippen molar-refractivity contribution in [2.75, 3.05) is 12.4 Å². The molecule has 1 aliphatic carbocycles. The van der Waals surface area contributed by atoms with Crippen LogP contribution in [-0.2, 0) is 6.42 Å². The smallest absolute Gasteiger partial charge is 0.251 e. The molecule has 0 aliphatic heterocycles. The predicted octanol–water partition coefficient (Wildman–Crippen LogP) is 2.60. The molecular weight excluding hydrogens is 238 g/mol. The van der Waals surface area contributed by atoms with Crippen LogP contribution < -0.4 is 10.6 Å². The number of anilines is 1. The standard InChI is InChI=1S/C15H23N3O/c1-4-13-8-12(9-14(16-3)18-13)15(19)17-10(2)7-11-5-6-11/h8-11H,4-7H2,1-3H3,(H,16,18)(H,17,19). The molecule has 0 aromatic carbocycles. The van der Waals surface area contributed by atoms with Gasteiger partial charge in [0.15, 0.2) is 0 Å². The SMILES string of the molecule is CCc1cc(C(=O)NC(C)CC2CC2)cc(NC)n1. The lowest BCUT2D eigenvalue weighted by molar-refractivity contribution is 0.0937. The number of amides is 1. The Morgan fingerprint density at radius 2 is 2.21 bits per heavy atom. The van der Waals surface area contributed by atoms with E-state index in [0.29, 0.717) is 5.56 Å². The van der Waals surface area contributed by atoms with Crippen LogP contribution in [-0.4, -0.2) is 24.0 Å². The van der Waals surface area contributed by atoms with E-state index in [-0.39, 0.29) is 11.9 Å². The van der Waals surface area contributed by atoms with E-state index in [1.165, 1.54) is 12.8 Å². The van der Waals surface area contributed by atoms with Crippen LogP contribution in [0, 0.1) is 5.92 Å². The van der Waals surface area contributed by atoms with Crippen molar-refractivity contribution in [1.29, 1.82) is 0 Å². The molecule has 1 aromatic heterocycles. The van der Waals surface area contributed by atoms with E-state index in [1.807, 2.05) is 20.0 Å². The number of carbonyl (C=O) groups excluding carboxylic acids is 1. The maximum Gasteiger partial charge on any atom is 0.251 e. The number of carbonyl (C=O) groups is 1. The lowest BCUT2D eigenvalue weighted by Gasteiger charge is -2.14. The molecule has 104 valence electrons. The molecule has 4 nitrogen and oxygen atoms in total. The van der Waals surface area contributed by atoms with E-state index in [9.17, 15) is 4.79 Å².